The Kier molecular flexibility index (Phi) is 3.48. The average molecular weight is 263 g/mol. The second-order valence-electron chi connectivity index (χ2n) is 3.75. The Labute approximate surface area is 109 Å². The summed E-state index contributed by atoms with van der Waals surface area (Å²) in [5.74, 6) is 0.480. The van der Waals surface area contributed by atoms with E-state index in [0.29, 0.717) is 16.5 Å². The standard InChI is InChI=1S/C13H11ClN2O2/c1-8-2-3-9(6-11(8)14)18-10-4-5-16-12(7-10)13(15)17/h2-7H,1H3,(H2,15,17). The predicted octanol–water partition coefficient (Wildman–Crippen LogP) is 2.93. The fourth-order valence-electron chi connectivity index (χ4n) is 1.38. The first kappa shape index (κ1) is 12.4. The van der Waals surface area contributed by atoms with Crippen LogP contribution in [0.4, 0.5) is 0 Å². The molecule has 0 bridgehead atoms. The maximum Gasteiger partial charge on any atom is 0.267 e. The first-order chi connectivity index (χ1) is 8.56. The average Bonchev–Trinajstić information content (AvgIpc) is 2.34. The molecule has 2 rings (SSSR count). The molecule has 0 saturated carbocycles. The van der Waals surface area contributed by atoms with Gasteiger partial charge in [-0.2, -0.15) is 0 Å². The Bertz CT molecular complexity index is 599. The molecule has 0 aliphatic heterocycles. The topological polar surface area (TPSA) is 65.2 Å². The highest BCUT2D eigenvalue weighted by atomic mass is 35.5. The highest BCUT2D eigenvalue weighted by Crippen LogP contribution is 2.26. The van der Waals surface area contributed by atoms with Crippen molar-refractivity contribution in [2.24, 2.45) is 5.73 Å². The number of carbonyl (C=O) groups excluding carboxylic acids is 1. The van der Waals surface area contributed by atoms with Crippen LogP contribution in [0.25, 0.3) is 0 Å². The molecular formula is C13H11ClN2O2. The number of nitrogens with two attached hydrogens (primary N) is 1. The fourth-order valence-corrected chi connectivity index (χ4v) is 1.55. The number of aromatic nitrogens is 1. The van der Waals surface area contributed by atoms with E-state index in [1.807, 2.05) is 13.0 Å². The van der Waals surface area contributed by atoms with E-state index in [-0.39, 0.29) is 5.69 Å². The molecule has 0 aliphatic rings. The molecule has 2 N–H and O–H groups in total. The van der Waals surface area contributed by atoms with E-state index in [1.165, 1.54) is 12.3 Å². The quantitative estimate of drug-likeness (QED) is 0.925. The van der Waals surface area contributed by atoms with Crippen molar-refractivity contribution in [1.29, 1.82) is 0 Å². The van der Waals surface area contributed by atoms with Crippen molar-refractivity contribution >= 4 is 17.5 Å². The van der Waals surface area contributed by atoms with Crippen LogP contribution in [0.5, 0.6) is 11.5 Å². The summed E-state index contributed by atoms with van der Waals surface area (Å²) >= 11 is 6.00. The molecule has 0 radical (unpaired) electrons. The van der Waals surface area contributed by atoms with Crippen LogP contribution in [-0.4, -0.2) is 10.9 Å². The minimum atomic E-state index is -0.595. The van der Waals surface area contributed by atoms with E-state index in [2.05, 4.69) is 4.98 Å². The number of hydrogen-bond donors (Lipinski definition) is 1. The smallest absolute Gasteiger partial charge is 0.267 e. The highest BCUT2D eigenvalue weighted by Gasteiger charge is 2.05. The van der Waals surface area contributed by atoms with E-state index < -0.39 is 5.91 Å². The van der Waals surface area contributed by atoms with Gasteiger partial charge >= 0.3 is 0 Å². The van der Waals surface area contributed by atoms with Gasteiger partial charge in [0.2, 0.25) is 0 Å². The largest absolute Gasteiger partial charge is 0.457 e. The summed E-state index contributed by atoms with van der Waals surface area (Å²) in [6, 6.07) is 8.48. The van der Waals surface area contributed by atoms with Gasteiger partial charge in [-0.15, -0.1) is 0 Å². The van der Waals surface area contributed by atoms with Crippen LogP contribution >= 0.6 is 11.6 Å². The van der Waals surface area contributed by atoms with Gasteiger partial charge in [0.05, 0.1) is 0 Å². The molecule has 92 valence electrons. The van der Waals surface area contributed by atoms with Gasteiger partial charge in [-0.05, 0) is 30.7 Å². The van der Waals surface area contributed by atoms with Crippen LogP contribution in [0, 0.1) is 6.92 Å². The molecular weight excluding hydrogens is 252 g/mol. The maximum atomic E-state index is 11.0. The van der Waals surface area contributed by atoms with Crippen LogP contribution in [0.2, 0.25) is 5.02 Å². The number of hydrogen-bond acceptors (Lipinski definition) is 3. The zero-order valence-electron chi connectivity index (χ0n) is 9.68. The predicted molar refractivity (Wildman–Crippen MR) is 69.0 cm³/mol. The molecule has 0 atom stereocenters. The monoisotopic (exact) mass is 262 g/mol. The van der Waals surface area contributed by atoms with Crippen molar-refractivity contribution < 1.29 is 9.53 Å². The second-order valence-corrected chi connectivity index (χ2v) is 4.16. The summed E-state index contributed by atoms with van der Waals surface area (Å²) in [6.45, 7) is 1.91. The zero-order chi connectivity index (χ0) is 13.1. The molecule has 0 spiro atoms. The summed E-state index contributed by atoms with van der Waals surface area (Å²) in [5.41, 5.74) is 6.27. The van der Waals surface area contributed by atoms with Gasteiger partial charge in [0.15, 0.2) is 0 Å². The van der Waals surface area contributed by atoms with Crippen LogP contribution in [0.15, 0.2) is 36.5 Å². The molecule has 1 amide bonds. The lowest BCUT2D eigenvalue weighted by Gasteiger charge is -2.07. The summed E-state index contributed by atoms with van der Waals surface area (Å²) in [4.78, 5) is 14.8. The lowest BCUT2D eigenvalue weighted by atomic mass is 10.2. The van der Waals surface area contributed by atoms with E-state index in [9.17, 15) is 4.79 Å². The van der Waals surface area contributed by atoms with Crippen molar-refractivity contribution in [3.05, 3.63) is 52.8 Å². The molecule has 1 aromatic carbocycles. The van der Waals surface area contributed by atoms with Gasteiger partial charge in [-0.25, -0.2) is 0 Å². The van der Waals surface area contributed by atoms with E-state index >= 15 is 0 Å². The summed E-state index contributed by atoms with van der Waals surface area (Å²) in [6.07, 6.45) is 1.46. The Morgan fingerprint density at radius 2 is 2.00 bits per heavy atom. The van der Waals surface area contributed by atoms with Crippen LogP contribution < -0.4 is 10.5 Å². The Morgan fingerprint density at radius 3 is 2.67 bits per heavy atom. The van der Waals surface area contributed by atoms with Gasteiger partial charge in [0.1, 0.15) is 17.2 Å². The first-order valence-corrected chi connectivity index (χ1v) is 5.64. The fraction of sp³-hybridized carbons (Fsp3) is 0.0769. The van der Waals surface area contributed by atoms with Crippen molar-refractivity contribution in [2.45, 2.75) is 6.92 Å². The number of nitrogens with zero attached hydrogens (tertiary/aromatic N) is 1. The number of halogens is 1. The molecule has 0 saturated heterocycles. The molecule has 0 aliphatic carbocycles. The molecule has 2 aromatic rings. The highest BCUT2D eigenvalue weighted by molar-refractivity contribution is 6.31. The summed E-state index contributed by atoms with van der Waals surface area (Å²) < 4.78 is 5.57. The summed E-state index contributed by atoms with van der Waals surface area (Å²) in [7, 11) is 0. The normalized spacial score (nSPS) is 10.1. The number of carbonyl (C=O) groups is 1. The number of rotatable bonds is 3. The number of aryl methyl sites for hydroxylation is 1. The minimum Gasteiger partial charge on any atom is -0.457 e. The van der Waals surface area contributed by atoms with E-state index in [4.69, 9.17) is 22.1 Å². The SMILES string of the molecule is Cc1ccc(Oc2ccnc(C(N)=O)c2)cc1Cl. The molecule has 0 fully saturated rings. The number of pyridine rings is 1. The number of amides is 1. The van der Waals surface area contributed by atoms with Gasteiger partial charge in [0.25, 0.3) is 5.91 Å². The Morgan fingerprint density at radius 1 is 1.28 bits per heavy atom. The lowest BCUT2D eigenvalue weighted by molar-refractivity contribution is 0.0995. The maximum absolute atomic E-state index is 11.0. The number of primary amides is 1. The lowest BCUT2D eigenvalue weighted by Crippen LogP contribution is -2.12. The van der Waals surface area contributed by atoms with Crippen LogP contribution in [0.1, 0.15) is 16.1 Å². The van der Waals surface area contributed by atoms with Gasteiger partial charge in [-0.1, -0.05) is 17.7 Å². The first-order valence-electron chi connectivity index (χ1n) is 5.26. The third-order valence-corrected chi connectivity index (χ3v) is 2.77. The van der Waals surface area contributed by atoms with Gasteiger partial charge in [0, 0.05) is 17.3 Å². The van der Waals surface area contributed by atoms with Crippen molar-refractivity contribution in [2.75, 3.05) is 0 Å². The Balaban J connectivity index is 2.25. The molecule has 1 heterocycles. The van der Waals surface area contributed by atoms with Gasteiger partial charge < -0.3 is 10.5 Å². The van der Waals surface area contributed by atoms with Crippen LogP contribution in [0.3, 0.4) is 0 Å². The van der Waals surface area contributed by atoms with E-state index in [0.717, 1.165) is 5.56 Å². The summed E-state index contributed by atoms with van der Waals surface area (Å²) in [5, 5.41) is 0.622. The van der Waals surface area contributed by atoms with E-state index in [1.54, 1.807) is 18.2 Å². The Hall–Kier alpha value is -2.07. The zero-order valence-corrected chi connectivity index (χ0v) is 10.4. The van der Waals surface area contributed by atoms with Gasteiger partial charge in [-0.3, -0.25) is 9.78 Å². The second kappa shape index (κ2) is 5.06. The molecule has 18 heavy (non-hydrogen) atoms. The molecule has 1 aromatic heterocycles. The molecule has 0 unspecified atom stereocenters. The van der Waals surface area contributed by atoms with Crippen molar-refractivity contribution in [3.63, 3.8) is 0 Å². The van der Waals surface area contributed by atoms with Crippen LogP contribution in [-0.2, 0) is 0 Å². The third-order valence-electron chi connectivity index (χ3n) is 2.36. The van der Waals surface area contributed by atoms with Crippen molar-refractivity contribution in [3.8, 4) is 11.5 Å². The van der Waals surface area contributed by atoms with Crippen molar-refractivity contribution in [1.82, 2.24) is 4.98 Å². The third kappa shape index (κ3) is 2.78. The molecule has 5 heteroatoms. The minimum absolute atomic E-state index is 0.158. The molecule has 4 nitrogen and oxygen atoms in total. The number of ether oxygens (including phenoxy) is 1. The number of benzene rings is 1.